The molecule has 0 radical (unpaired) electrons. The van der Waals surface area contributed by atoms with Crippen LogP contribution >= 0.6 is 11.6 Å². The number of nitrogens with one attached hydrogen (secondary N) is 1. The van der Waals surface area contributed by atoms with Crippen LogP contribution in [0.4, 0.5) is 0 Å². The molecule has 0 unspecified atom stereocenters. The highest BCUT2D eigenvalue weighted by Gasteiger charge is 2.11. The SMILES string of the molecule is Clc1cccc(-c2nnc(Cc3c[nH]c4ccccc34)o2)c1. The van der Waals surface area contributed by atoms with Gasteiger partial charge in [0.05, 0.1) is 6.42 Å². The summed E-state index contributed by atoms with van der Waals surface area (Å²) >= 11 is 5.99. The van der Waals surface area contributed by atoms with Gasteiger partial charge in [0.25, 0.3) is 0 Å². The van der Waals surface area contributed by atoms with Gasteiger partial charge < -0.3 is 9.40 Å². The van der Waals surface area contributed by atoms with E-state index >= 15 is 0 Å². The third kappa shape index (κ3) is 2.38. The molecule has 0 aliphatic carbocycles. The van der Waals surface area contributed by atoms with Crippen LogP contribution in [0, 0.1) is 0 Å². The number of rotatable bonds is 3. The van der Waals surface area contributed by atoms with Gasteiger partial charge in [-0.15, -0.1) is 10.2 Å². The Hall–Kier alpha value is -2.59. The second-order valence-corrected chi connectivity index (χ2v) is 5.48. The second-order valence-electron chi connectivity index (χ2n) is 5.05. The number of benzene rings is 2. The van der Waals surface area contributed by atoms with Gasteiger partial charge in [-0.1, -0.05) is 35.9 Å². The summed E-state index contributed by atoms with van der Waals surface area (Å²) in [5.41, 5.74) is 3.06. The fraction of sp³-hybridized carbons (Fsp3) is 0.0588. The molecule has 0 bridgehead atoms. The zero-order chi connectivity index (χ0) is 14.9. The molecule has 0 atom stereocenters. The predicted molar refractivity (Wildman–Crippen MR) is 85.8 cm³/mol. The molecule has 5 heteroatoms. The molecule has 0 spiro atoms. The van der Waals surface area contributed by atoms with Gasteiger partial charge in [0.15, 0.2) is 0 Å². The number of fused-ring (bicyclic) bond motifs is 1. The molecular weight excluding hydrogens is 298 g/mol. The van der Waals surface area contributed by atoms with E-state index in [1.54, 1.807) is 0 Å². The van der Waals surface area contributed by atoms with Crippen molar-refractivity contribution in [1.82, 2.24) is 15.2 Å². The summed E-state index contributed by atoms with van der Waals surface area (Å²) in [5.74, 6) is 1.07. The van der Waals surface area contributed by atoms with Gasteiger partial charge >= 0.3 is 0 Å². The number of aromatic amines is 1. The van der Waals surface area contributed by atoms with Crippen molar-refractivity contribution in [2.75, 3.05) is 0 Å². The third-order valence-electron chi connectivity index (χ3n) is 3.56. The summed E-state index contributed by atoms with van der Waals surface area (Å²) in [6.07, 6.45) is 2.57. The van der Waals surface area contributed by atoms with E-state index in [1.807, 2.05) is 48.7 Å². The van der Waals surface area contributed by atoms with Crippen molar-refractivity contribution in [2.24, 2.45) is 0 Å². The molecule has 22 heavy (non-hydrogen) atoms. The van der Waals surface area contributed by atoms with Gasteiger partial charge in [-0.2, -0.15) is 0 Å². The minimum Gasteiger partial charge on any atom is -0.420 e. The molecule has 0 amide bonds. The van der Waals surface area contributed by atoms with Crippen molar-refractivity contribution >= 4 is 22.5 Å². The fourth-order valence-electron chi connectivity index (χ4n) is 2.50. The standard InChI is InChI=1S/C17H12ClN3O/c18-13-5-3-4-11(8-13)17-21-20-16(22-17)9-12-10-19-15-7-2-1-6-14(12)15/h1-8,10,19H,9H2. The van der Waals surface area contributed by atoms with Gasteiger partial charge in [0, 0.05) is 27.7 Å². The molecule has 0 aliphatic rings. The van der Waals surface area contributed by atoms with Crippen molar-refractivity contribution in [3.05, 3.63) is 71.2 Å². The Balaban J connectivity index is 1.65. The highest BCUT2D eigenvalue weighted by molar-refractivity contribution is 6.30. The quantitative estimate of drug-likeness (QED) is 0.608. The largest absolute Gasteiger partial charge is 0.420 e. The lowest BCUT2D eigenvalue weighted by atomic mass is 10.1. The summed E-state index contributed by atoms with van der Waals surface area (Å²) in [7, 11) is 0. The first-order chi connectivity index (χ1) is 10.8. The van der Waals surface area contributed by atoms with Crippen LogP contribution in [0.25, 0.3) is 22.4 Å². The topological polar surface area (TPSA) is 54.7 Å². The summed E-state index contributed by atoms with van der Waals surface area (Å²) < 4.78 is 5.75. The van der Waals surface area contributed by atoms with Crippen LogP contribution in [0.15, 0.2) is 59.1 Å². The summed E-state index contributed by atoms with van der Waals surface area (Å²) in [6.45, 7) is 0. The molecule has 2 aromatic heterocycles. The van der Waals surface area contributed by atoms with Crippen molar-refractivity contribution in [1.29, 1.82) is 0 Å². The minimum absolute atomic E-state index is 0.484. The lowest BCUT2D eigenvalue weighted by Crippen LogP contribution is -1.86. The molecule has 0 aliphatic heterocycles. The van der Waals surface area contributed by atoms with Gasteiger partial charge in [0.2, 0.25) is 11.8 Å². The summed E-state index contributed by atoms with van der Waals surface area (Å²) in [4.78, 5) is 3.25. The van der Waals surface area contributed by atoms with Crippen molar-refractivity contribution < 1.29 is 4.42 Å². The van der Waals surface area contributed by atoms with Crippen LogP contribution in [0.5, 0.6) is 0 Å². The van der Waals surface area contributed by atoms with Crippen LogP contribution in [0.3, 0.4) is 0 Å². The van der Waals surface area contributed by atoms with E-state index in [1.165, 1.54) is 5.39 Å². The van der Waals surface area contributed by atoms with E-state index in [9.17, 15) is 0 Å². The van der Waals surface area contributed by atoms with Crippen molar-refractivity contribution in [2.45, 2.75) is 6.42 Å². The Morgan fingerprint density at radius 3 is 2.86 bits per heavy atom. The maximum atomic E-state index is 5.99. The molecule has 4 nitrogen and oxygen atoms in total. The first-order valence-corrected chi connectivity index (χ1v) is 7.31. The number of hydrogen-bond acceptors (Lipinski definition) is 3. The highest BCUT2D eigenvalue weighted by Crippen LogP contribution is 2.24. The van der Waals surface area contributed by atoms with E-state index in [0.717, 1.165) is 16.6 Å². The molecule has 1 N–H and O–H groups in total. The minimum atomic E-state index is 0.484. The maximum absolute atomic E-state index is 5.99. The first-order valence-electron chi connectivity index (χ1n) is 6.93. The Morgan fingerprint density at radius 2 is 1.95 bits per heavy atom. The van der Waals surface area contributed by atoms with E-state index in [4.69, 9.17) is 16.0 Å². The molecule has 0 saturated heterocycles. The fourth-order valence-corrected chi connectivity index (χ4v) is 2.69. The Labute approximate surface area is 131 Å². The molecule has 4 rings (SSSR count). The van der Waals surface area contributed by atoms with Gasteiger partial charge in [-0.05, 0) is 29.8 Å². The number of halogens is 1. The van der Waals surface area contributed by atoms with Crippen LogP contribution in [0.2, 0.25) is 5.02 Å². The molecule has 4 aromatic rings. The van der Waals surface area contributed by atoms with Crippen LogP contribution in [0.1, 0.15) is 11.5 Å². The molecule has 0 saturated carbocycles. The molecule has 2 aromatic carbocycles. The maximum Gasteiger partial charge on any atom is 0.247 e. The molecule has 2 heterocycles. The average Bonchev–Trinajstić information content (AvgIpc) is 3.16. The van der Waals surface area contributed by atoms with Crippen molar-refractivity contribution in [3.63, 3.8) is 0 Å². The number of hydrogen-bond donors (Lipinski definition) is 1. The molecular formula is C17H12ClN3O. The van der Waals surface area contributed by atoms with Gasteiger partial charge in [-0.3, -0.25) is 0 Å². The van der Waals surface area contributed by atoms with Gasteiger partial charge in [-0.25, -0.2) is 0 Å². The molecule has 108 valence electrons. The van der Waals surface area contributed by atoms with Gasteiger partial charge in [0.1, 0.15) is 0 Å². The monoisotopic (exact) mass is 309 g/mol. The number of aromatic nitrogens is 3. The van der Waals surface area contributed by atoms with Crippen LogP contribution in [-0.2, 0) is 6.42 Å². The summed E-state index contributed by atoms with van der Waals surface area (Å²) in [6, 6.07) is 15.5. The zero-order valence-electron chi connectivity index (χ0n) is 11.6. The predicted octanol–water partition coefficient (Wildman–Crippen LogP) is 4.46. The Kier molecular flexibility index (Phi) is 3.16. The number of nitrogens with zero attached hydrogens (tertiary/aromatic N) is 2. The van der Waals surface area contributed by atoms with E-state index in [2.05, 4.69) is 21.2 Å². The summed E-state index contributed by atoms with van der Waals surface area (Å²) in [5, 5.41) is 10.1. The number of para-hydroxylation sites is 1. The Bertz CT molecular complexity index is 942. The van der Waals surface area contributed by atoms with E-state index in [-0.39, 0.29) is 0 Å². The smallest absolute Gasteiger partial charge is 0.247 e. The molecule has 0 fully saturated rings. The van der Waals surface area contributed by atoms with Crippen molar-refractivity contribution in [3.8, 4) is 11.5 Å². The van der Waals surface area contributed by atoms with E-state index < -0.39 is 0 Å². The highest BCUT2D eigenvalue weighted by atomic mass is 35.5. The normalized spacial score (nSPS) is 11.1. The first kappa shape index (κ1) is 13.1. The average molecular weight is 310 g/mol. The van der Waals surface area contributed by atoms with Crippen LogP contribution in [-0.4, -0.2) is 15.2 Å². The second kappa shape index (κ2) is 5.31. The lowest BCUT2D eigenvalue weighted by molar-refractivity contribution is 0.518. The zero-order valence-corrected chi connectivity index (χ0v) is 12.3. The number of H-pyrrole nitrogens is 1. The Morgan fingerprint density at radius 1 is 1.05 bits per heavy atom. The van der Waals surface area contributed by atoms with E-state index in [0.29, 0.717) is 23.2 Å². The lowest BCUT2D eigenvalue weighted by Gasteiger charge is -1.96. The third-order valence-corrected chi connectivity index (χ3v) is 3.79. The van der Waals surface area contributed by atoms with Crippen LogP contribution < -0.4 is 0 Å².